The Morgan fingerprint density at radius 3 is 2.40 bits per heavy atom. The van der Waals surface area contributed by atoms with E-state index in [9.17, 15) is 14.0 Å². The zero-order valence-corrected chi connectivity index (χ0v) is 17.7. The topological polar surface area (TPSA) is 53.1 Å². The third-order valence-corrected chi connectivity index (χ3v) is 5.66. The maximum absolute atomic E-state index is 13.1. The standard InChI is InChI=1S/C23H28FN3O3/c1-17(18-7-9-20(24)10-8-18)25(2)22(28)16-26-11-13-27(14-12-26)23(29)19-5-4-6-21(15-19)30-3/h4-10,15,17H,11-14,16H2,1-3H3/t17-/m1/s1. The van der Waals surface area contributed by atoms with Crippen molar-refractivity contribution in [3.05, 3.63) is 65.5 Å². The van der Waals surface area contributed by atoms with Crippen molar-refractivity contribution in [2.45, 2.75) is 13.0 Å². The lowest BCUT2D eigenvalue weighted by molar-refractivity contribution is -0.133. The van der Waals surface area contributed by atoms with Crippen molar-refractivity contribution in [1.29, 1.82) is 0 Å². The van der Waals surface area contributed by atoms with Crippen LogP contribution in [0.5, 0.6) is 5.75 Å². The first kappa shape index (κ1) is 21.8. The zero-order valence-electron chi connectivity index (χ0n) is 17.7. The fourth-order valence-electron chi connectivity index (χ4n) is 3.53. The lowest BCUT2D eigenvalue weighted by atomic mass is 10.1. The number of piperazine rings is 1. The molecule has 2 aromatic rings. The monoisotopic (exact) mass is 413 g/mol. The molecule has 0 saturated carbocycles. The fraction of sp³-hybridized carbons (Fsp3) is 0.391. The zero-order chi connectivity index (χ0) is 21.7. The molecule has 0 aromatic heterocycles. The molecule has 30 heavy (non-hydrogen) atoms. The molecule has 7 heteroatoms. The van der Waals surface area contributed by atoms with Gasteiger partial charge in [0.1, 0.15) is 11.6 Å². The molecule has 0 unspecified atom stereocenters. The molecular weight excluding hydrogens is 385 g/mol. The first-order valence-corrected chi connectivity index (χ1v) is 10.1. The summed E-state index contributed by atoms with van der Waals surface area (Å²) in [4.78, 5) is 31.0. The number of carbonyl (C=O) groups is 2. The Labute approximate surface area is 176 Å². The van der Waals surface area contributed by atoms with Crippen LogP contribution in [-0.2, 0) is 4.79 Å². The fourth-order valence-corrected chi connectivity index (χ4v) is 3.53. The number of ether oxygens (including phenoxy) is 1. The normalized spacial score (nSPS) is 15.5. The summed E-state index contributed by atoms with van der Waals surface area (Å²) in [6.45, 7) is 4.64. The van der Waals surface area contributed by atoms with Gasteiger partial charge in [0.05, 0.1) is 19.7 Å². The van der Waals surface area contributed by atoms with E-state index in [1.807, 2.05) is 13.0 Å². The minimum absolute atomic E-state index is 0.000558. The van der Waals surface area contributed by atoms with Crippen LogP contribution in [0, 0.1) is 5.82 Å². The Balaban J connectivity index is 1.51. The molecular formula is C23H28FN3O3. The summed E-state index contributed by atoms with van der Waals surface area (Å²) in [6.07, 6.45) is 0. The van der Waals surface area contributed by atoms with E-state index >= 15 is 0 Å². The summed E-state index contributed by atoms with van der Waals surface area (Å²) in [7, 11) is 3.34. The molecule has 0 spiro atoms. The number of benzene rings is 2. The average Bonchev–Trinajstić information content (AvgIpc) is 2.78. The van der Waals surface area contributed by atoms with Crippen LogP contribution < -0.4 is 4.74 Å². The number of hydrogen-bond donors (Lipinski definition) is 0. The molecule has 1 atom stereocenters. The Hall–Kier alpha value is -2.93. The number of rotatable bonds is 6. The number of amides is 2. The molecule has 3 rings (SSSR count). The van der Waals surface area contributed by atoms with E-state index in [0.29, 0.717) is 44.0 Å². The van der Waals surface area contributed by atoms with Crippen molar-refractivity contribution in [2.24, 2.45) is 0 Å². The van der Waals surface area contributed by atoms with Crippen LogP contribution in [0.2, 0.25) is 0 Å². The van der Waals surface area contributed by atoms with E-state index in [0.717, 1.165) is 5.56 Å². The summed E-state index contributed by atoms with van der Waals surface area (Å²) in [5.74, 6) is 0.339. The molecule has 1 aliphatic rings. The molecule has 1 saturated heterocycles. The minimum Gasteiger partial charge on any atom is -0.497 e. The van der Waals surface area contributed by atoms with Gasteiger partial charge < -0.3 is 14.5 Å². The van der Waals surface area contributed by atoms with Gasteiger partial charge >= 0.3 is 0 Å². The van der Waals surface area contributed by atoms with Crippen molar-refractivity contribution in [2.75, 3.05) is 46.9 Å². The smallest absolute Gasteiger partial charge is 0.254 e. The first-order valence-electron chi connectivity index (χ1n) is 10.1. The third kappa shape index (κ3) is 5.16. The highest BCUT2D eigenvalue weighted by atomic mass is 19.1. The number of halogens is 1. The van der Waals surface area contributed by atoms with Crippen molar-refractivity contribution >= 4 is 11.8 Å². The van der Waals surface area contributed by atoms with E-state index in [1.54, 1.807) is 54.3 Å². The summed E-state index contributed by atoms with van der Waals surface area (Å²) < 4.78 is 18.3. The number of carbonyl (C=O) groups excluding carboxylic acids is 2. The van der Waals surface area contributed by atoms with Gasteiger partial charge in [-0.25, -0.2) is 4.39 Å². The summed E-state index contributed by atoms with van der Waals surface area (Å²) in [5, 5.41) is 0. The quantitative estimate of drug-likeness (QED) is 0.731. The Bertz CT molecular complexity index is 880. The SMILES string of the molecule is COc1cccc(C(=O)N2CCN(CC(=O)N(C)[C@H](C)c3ccc(F)cc3)CC2)c1. The molecule has 2 amide bonds. The number of likely N-dealkylation sites (N-methyl/N-ethyl adjacent to an activating group) is 1. The second-order valence-corrected chi connectivity index (χ2v) is 7.53. The highest BCUT2D eigenvalue weighted by Crippen LogP contribution is 2.20. The summed E-state index contributed by atoms with van der Waals surface area (Å²) in [6, 6.07) is 13.2. The molecule has 2 aromatic carbocycles. The molecule has 0 N–H and O–H groups in total. The van der Waals surface area contributed by atoms with Gasteiger partial charge in [0.25, 0.3) is 5.91 Å². The predicted molar refractivity (Wildman–Crippen MR) is 113 cm³/mol. The maximum Gasteiger partial charge on any atom is 0.254 e. The van der Waals surface area contributed by atoms with Crippen LogP contribution in [0.3, 0.4) is 0 Å². The predicted octanol–water partition coefficient (Wildman–Crippen LogP) is 2.81. The number of nitrogens with zero attached hydrogens (tertiary/aromatic N) is 3. The molecule has 160 valence electrons. The second-order valence-electron chi connectivity index (χ2n) is 7.53. The first-order chi connectivity index (χ1) is 14.4. The van der Waals surface area contributed by atoms with Gasteiger partial charge in [-0.2, -0.15) is 0 Å². The summed E-state index contributed by atoms with van der Waals surface area (Å²) in [5.41, 5.74) is 1.49. The van der Waals surface area contributed by atoms with E-state index in [4.69, 9.17) is 4.74 Å². The third-order valence-electron chi connectivity index (χ3n) is 5.66. The van der Waals surface area contributed by atoms with Crippen LogP contribution in [0.4, 0.5) is 4.39 Å². The van der Waals surface area contributed by atoms with Crippen LogP contribution >= 0.6 is 0 Å². The van der Waals surface area contributed by atoms with Crippen LogP contribution in [0.25, 0.3) is 0 Å². The lowest BCUT2D eigenvalue weighted by Crippen LogP contribution is -2.51. The minimum atomic E-state index is -0.290. The van der Waals surface area contributed by atoms with Gasteiger partial charge in [-0.15, -0.1) is 0 Å². The summed E-state index contributed by atoms with van der Waals surface area (Å²) >= 11 is 0. The maximum atomic E-state index is 13.1. The largest absolute Gasteiger partial charge is 0.497 e. The molecule has 1 heterocycles. The lowest BCUT2D eigenvalue weighted by Gasteiger charge is -2.35. The van der Waals surface area contributed by atoms with Crippen molar-refractivity contribution < 1.29 is 18.7 Å². The molecule has 0 bridgehead atoms. The second kappa shape index (κ2) is 9.71. The van der Waals surface area contributed by atoms with Crippen LogP contribution in [0.1, 0.15) is 28.9 Å². The molecule has 0 aliphatic carbocycles. The van der Waals surface area contributed by atoms with E-state index < -0.39 is 0 Å². The van der Waals surface area contributed by atoms with Crippen LogP contribution in [-0.4, -0.2) is 73.4 Å². The van der Waals surface area contributed by atoms with Gasteiger partial charge in [0.2, 0.25) is 5.91 Å². The van der Waals surface area contributed by atoms with E-state index in [1.165, 1.54) is 12.1 Å². The average molecular weight is 413 g/mol. The van der Waals surface area contributed by atoms with Gasteiger partial charge in [0, 0.05) is 38.8 Å². The Morgan fingerprint density at radius 1 is 1.10 bits per heavy atom. The van der Waals surface area contributed by atoms with Crippen molar-refractivity contribution in [1.82, 2.24) is 14.7 Å². The highest BCUT2D eigenvalue weighted by molar-refractivity contribution is 5.94. The van der Waals surface area contributed by atoms with E-state index in [-0.39, 0.29) is 23.7 Å². The van der Waals surface area contributed by atoms with Crippen molar-refractivity contribution in [3.8, 4) is 5.75 Å². The van der Waals surface area contributed by atoms with Gasteiger partial charge in [-0.1, -0.05) is 18.2 Å². The molecule has 1 aliphatic heterocycles. The van der Waals surface area contributed by atoms with Gasteiger partial charge in [0.15, 0.2) is 0 Å². The Kier molecular flexibility index (Phi) is 7.05. The van der Waals surface area contributed by atoms with Crippen molar-refractivity contribution in [3.63, 3.8) is 0 Å². The van der Waals surface area contributed by atoms with Gasteiger partial charge in [-0.3, -0.25) is 14.5 Å². The molecule has 6 nitrogen and oxygen atoms in total. The van der Waals surface area contributed by atoms with Gasteiger partial charge in [-0.05, 0) is 42.8 Å². The molecule has 0 radical (unpaired) electrons. The number of methoxy groups -OCH3 is 1. The highest BCUT2D eigenvalue weighted by Gasteiger charge is 2.25. The Morgan fingerprint density at radius 2 is 1.77 bits per heavy atom. The van der Waals surface area contributed by atoms with Crippen LogP contribution in [0.15, 0.2) is 48.5 Å². The molecule has 1 fully saturated rings. The van der Waals surface area contributed by atoms with E-state index in [2.05, 4.69) is 4.90 Å². The number of hydrogen-bond acceptors (Lipinski definition) is 4.